The molecule has 0 aromatic rings. The Labute approximate surface area is 87.1 Å². The van der Waals surface area contributed by atoms with Gasteiger partial charge in [0.25, 0.3) is 0 Å². The maximum Gasteiger partial charge on any atom is 0.235 e. The van der Waals surface area contributed by atoms with Crippen molar-refractivity contribution in [2.24, 2.45) is 0 Å². The largest absolute Gasteiger partial charge is 0.235 e. The predicted octanol–water partition coefficient (Wildman–Crippen LogP) is 2.31. The number of rotatable bonds is 9. The third-order valence-corrected chi connectivity index (χ3v) is 5.78. The van der Waals surface area contributed by atoms with Crippen LogP contribution in [0, 0.1) is 0 Å². The zero-order chi connectivity index (χ0) is 10.8. The Hall–Kier alpha value is 0.154. The molecule has 0 aliphatic heterocycles. The number of hydrogen-bond acceptors (Lipinski definition) is 0. The number of hydrogen-bond donors (Lipinski definition) is 0. The van der Waals surface area contributed by atoms with Crippen LogP contribution >= 0.6 is 0 Å². The molecule has 0 bridgehead atoms. The average molecular weight is 246 g/mol. The SMILES string of the molecule is FC(F)C[SiH2]CCCC[SiH2]CC(F)F. The van der Waals surface area contributed by atoms with E-state index in [1.807, 2.05) is 0 Å². The summed E-state index contributed by atoms with van der Waals surface area (Å²) in [4.78, 5) is 0. The summed E-state index contributed by atoms with van der Waals surface area (Å²) in [7, 11) is -1.14. The van der Waals surface area contributed by atoms with Crippen LogP contribution in [0.25, 0.3) is 0 Å². The van der Waals surface area contributed by atoms with E-state index in [1.165, 1.54) is 0 Å². The molecule has 0 aliphatic carbocycles. The second kappa shape index (κ2) is 9.70. The molecule has 0 radical (unpaired) electrons. The highest BCUT2D eigenvalue weighted by Crippen LogP contribution is 2.07. The van der Waals surface area contributed by atoms with Crippen molar-refractivity contribution in [2.75, 3.05) is 0 Å². The zero-order valence-corrected chi connectivity index (χ0v) is 11.2. The van der Waals surface area contributed by atoms with Crippen LogP contribution in [0.2, 0.25) is 24.2 Å². The molecular weight excluding hydrogens is 228 g/mol. The van der Waals surface area contributed by atoms with Gasteiger partial charge in [0.05, 0.1) is 0 Å². The van der Waals surface area contributed by atoms with Gasteiger partial charge in [0.15, 0.2) is 0 Å². The Morgan fingerprint density at radius 2 is 1.07 bits per heavy atom. The van der Waals surface area contributed by atoms with Crippen molar-refractivity contribution in [1.29, 1.82) is 0 Å². The van der Waals surface area contributed by atoms with Gasteiger partial charge in [-0.05, 0) is 12.1 Å². The van der Waals surface area contributed by atoms with Gasteiger partial charge in [-0.2, -0.15) is 0 Å². The van der Waals surface area contributed by atoms with E-state index in [1.54, 1.807) is 0 Å². The molecule has 0 aliphatic rings. The third-order valence-electron chi connectivity index (χ3n) is 2.09. The smallest absolute Gasteiger partial charge is 0.211 e. The summed E-state index contributed by atoms with van der Waals surface area (Å²) in [5, 5.41) is 0. The Kier molecular flexibility index (Phi) is 9.81. The molecule has 0 saturated heterocycles. The van der Waals surface area contributed by atoms with Crippen LogP contribution in [-0.4, -0.2) is 31.9 Å². The molecule has 0 unspecified atom stereocenters. The fourth-order valence-electron chi connectivity index (χ4n) is 1.30. The van der Waals surface area contributed by atoms with E-state index < -0.39 is 31.9 Å². The van der Waals surface area contributed by atoms with E-state index in [-0.39, 0.29) is 12.1 Å². The lowest BCUT2D eigenvalue weighted by Gasteiger charge is -2.00. The van der Waals surface area contributed by atoms with Crippen LogP contribution in [-0.2, 0) is 0 Å². The van der Waals surface area contributed by atoms with Gasteiger partial charge in [0, 0.05) is 19.0 Å². The molecule has 0 amide bonds. The minimum Gasteiger partial charge on any atom is -0.211 e. The second-order valence-corrected chi connectivity index (χ2v) is 7.46. The molecule has 0 spiro atoms. The first-order valence-corrected chi connectivity index (χ1v) is 9.19. The molecule has 14 heavy (non-hydrogen) atoms. The summed E-state index contributed by atoms with van der Waals surface area (Å²) in [6, 6.07) is 2.14. The minimum atomic E-state index is -2.13. The maximum absolute atomic E-state index is 11.7. The topological polar surface area (TPSA) is 0 Å². The van der Waals surface area contributed by atoms with Crippen molar-refractivity contribution in [1.82, 2.24) is 0 Å². The van der Waals surface area contributed by atoms with Crippen LogP contribution in [0.15, 0.2) is 0 Å². The monoisotopic (exact) mass is 246 g/mol. The van der Waals surface area contributed by atoms with Crippen molar-refractivity contribution >= 4 is 19.0 Å². The molecule has 0 rings (SSSR count). The molecular formula is C8H18F4Si2. The van der Waals surface area contributed by atoms with Crippen LogP contribution in [0.3, 0.4) is 0 Å². The van der Waals surface area contributed by atoms with E-state index in [4.69, 9.17) is 0 Å². The third kappa shape index (κ3) is 12.2. The van der Waals surface area contributed by atoms with E-state index in [2.05, 4.69) is 0 Å². The van der Waals surface area contributed by atoms with Gasteiger partial charge in [-0.3, -0.25) is 0 Å². The molecule has 0 N–H and O–H groups in total. The Bertz CT molecular complexity index is 108. The first-order valence-electron chi connectivity index (χ1n) is 5.19. The van der Waals surface area contributed by atoms with Crippen LogP contribution in [0.4, 0.5) is 17.6 Å². The van der Waals surface area contributed by atoms with E-state index in [0.717, 1.165) is 24.9 Å². The van der Waals surface area contributed by atoms with Gasteiger partial charge < -0.3 is 0 Å². The molecule has 0 aromatic heterocycles. The summed E-state index contributed by atoms with van der Waals surface area (Å²) in [5.41, 5.74) is 0. The summed E-state index contributed by atoms with van der Waals surface area (Å²) >= 11 is 0. The Balaban J connectivity index is 2.92. The number of halogens is 4. The van der Waals surface area contributed by atoms with Crippen molar-refractivity contribution < 1.29 is 17.6 Å². The molecule has 0 fully saturated rings. The van der Waals surface area contributed by atoms with Crippen LogP contribution in [0.5, 0.6) is 0 Å². The van der Waals surface area contributed by atoms with Crippen molar-refractivity contribution in [2.45, 2.75) is 49.9 Å². The van der Waals surface area contributed by atoms with E-state index in [0.29, 0.717) is 0 Å². The van der Waals surface area contributed by atoms with Gasteiger partial charge in [-0.1, -0.05) is 24.9 Å². The molecule has 86 valence electrons. The molecule has 0 heterocycles. The highest BCUT2D eigenvalue weighted by molar-refractivity contribution is 6.36. The highest BCUT2D eigenvalue weighted by atomic mass is 28.2. The Morgan fingerprint density at radius 3 is 1.36 bits per heavy atom. The summed E-state index contributed by atoms with van der Waals surface area (Å²) < 4.78 is 46.8. The number of alkyl halides is 4. The lowest BCUT2D eigenvalue weighted by atomic mass is 10.4. The normalized spacial score (nSPS) is 13.3. The van der Waals surface area contributed by atoms with Crippen LogP contribution in [0.1, 0.15) is 12.8 Å². The summed E-state index contributed by atoms with van der Waals surface area (Å²) in [5.74, 6) is 0. The zero-order valence-electron chi connectivity index (χ0n) is 8.32. The first kappa shape index (κ1) is 14.2. The Morgan fingerprint density at radius 1 is 0.714 bits per heavy atom. The van der Waals surface area contributed by atoms with Gasteiger partial charge >= 0.3 is 0 Å². The quantitative estimate of drug-likeness (QED) is 0.333. The second-order valence-electron chi connectivity index (χ2n) is 3.48. The standard InChI is InChI=1S/C8H18F4Si2/c9-7(10)5-13-3-1-2-4-14-6-8(11)12/h7-8H,1-6,13-14H2. The fourth-order valence-corrected chi connectivity index (χ4v) is 3.91. The molecule has 0 nitrogen and oxygen atoms in total. The molecule has 0 aromatic carbocycles. The molecule has 0 atom stereocenters. The van der Waals surface area contributed by atoms with Crippen molar-refractivity contribution in [3.05, 3.63) is 0 Å². The van der Waals surface area contributed by atoms with Gasteiger partial charge in [-0.15, -0.1) is 0 Å². The van der Waals surface area contributed by atoms with Crippen molar-refractivity contribution in [3.8, 4) is 0 Å². The van der Waals surface area contributed by atoms with Gasteiger partial charge in [0.1, 0.15) is 0 Å². The molecule has 6 heteroatoms. The number of unbranched alkanes of at least 4 members (excludes halogenated alkanes) is 1. The fraction of sp³-hybridized carbons (Fsp3) is 1.00. The van der Waals surface area contributed by atoms with E-state index in [9.17, 15) is 17.6 Å². The summed E-state index contributed by atoms with van der Waals surface area (Å²) in [6.07, 6.45) is -2.30. The average Bonchev–Trinajstić information content (AvgIpc) is 2.08. The van der Waals surface area contributed by atoms with Gasteiger partial charge in [-0.25, -0.2) is 17.6 Å². The van der Waals surface area contributed by atoms with E-state index >= 15 is 0 Å². The summed E-state index contributed by atoms with van der Waals surface area (Å²) in [6.45, 7) is 0. The highest BCUT2D eigenvalue weighted by Gasteiger charge is 2.03. The lowest BCUT2D eigenvalue weighted by Crippen LogP contribution is -1.99. The predicted molar refractivity (Wildman–Crippen MR) is 57.6 cm³/mol. The van der Waals surface area contributed by atoms with Crippen molar-refractivity contribution in [3.63, 3.8) is 0 Å². The van der Waals surface area contributed by atoms with Crippen LogP contribution < -0.4 is 0 Å². The molecule has 0 saturated carbocycles. The maximum atomic E-state index is 11.7. The lowest BCUT2D eigenvalue weighted by molar-refractivity contribution is 0.170. The van der Waals surface area contributed by atoms with Gasteiger partial charge in [0.2, 0.25) is 12.9 Å². The minimum absolute atomic E-state index is 0.120. The first-order chi connectivity index (χ1) is 6.63.